The van der Waals surface area contributed by atoms with E-state index in [9.17, 15) is 18.0 Å². The van der Waals surface area contributed by atoms with Crippen molar-refractivity contribution >= 4 is 22.0 Å². The van der Waals surface area contributed by atoms with Gasteiger partial charge < -0.3 is 15.4 Å². The van der Waals surface area contributed by atoms with E-state index in [2.05, 4.69) is 15.4 Å². The summed E-state index contributed by atoms with van der Waals surface area (Å²) in [5.41, 5.74) is 1.72. The molecule has 0 saturated carbocycles. The smallest absolute Gasteiger partial charge is 0.337 e. The second-order valence-corrected chi connectivity index (χ2v) is 8.24. The second-order valence-electron chi connectivity index (χ2n) is 6.12. The molecular weight excluding hydrogens is 382 g/mol. The average molecular weight is 405 g/mol. The van der Waals surface area contributed by atoms with Crippen LogP contribution in [0.25, 0.3) is 0 Å². The third-order valence-electron chi connectivity index (χ3n) is 4.00. The molecule has 0 saturated heterocycles. The molecule has 0 unspecified atom stereocenters. The molecule has 0 aliphatic heterocycles. The van der Waals surface area contributed by atoms with Gasteiger partial charge in [-0.15, -0.1) is 0 Å². The van der Waals surface area contributed by atoms with Gasteiger partial charge in [-0.2, -0.15) is 0 Å². The van der Waals surface area contributed by atoms with Crippen molar-refractivity contribution in [3.8, 4) is 0 Å². The van der Waals surface area contributed by atoms with Gasteiger partial charge in [0.1, 0.15) is 0 Å². The number of amides is 2. The van der Waals surface area contributed by atoms with E-state index >= 15 is 0 Å². The van der Waals surface area contributed by atoms with E-state index in [1.165, 1.54) is 27.3 Å². The molecule has 28 heavy (non-hydrogen) atoms. The zero-order chi connectivity index (χ0) is 20.7. The maximum atomic E-state index is 12.4. The number of hydrogen-bond donors (Lipinski definition) is 2. The molecule has 0 heterocycles. The Kier molecular flexibility index (Phi) is 7.13. The van der Waals surface area contributed by atoms with Crippen LogP contribution in [0.3, 0.4) is 0 Å². The molecule has 2 amide bonds. The number of nitrogens with zero attached hydrogens (tertiary/aromatic N) is 1. The number of esters is 1. The van der Waals surface area contributed by atoms with Gasteiger partial charge in [0.05, 0.1) is 17.6 Å². The van der Waals surface area contributed by atoms with Crippen molar-refractivity contribution in [2.45, 2.75) is 18.0 Å². The van der Waals surface area contributed by atoms with Crippen LogP contribution >= 0.6 is 0 Å². The molecule has 0 aliphatic rings. The molecule has 0 fully saturated rings. The first-order valence-corrected chi connectivity index (χ1v) is 9.89. The van der Waals surface area contributed by atoms with Gasteiger partial charge in [0.15, 0.2) is 0 Å². The largest absolute Gasteiger partial charge is 0.465 e. The third-order valence-corrected chi connectivity index (χ3v) is 5.91. The number of ether oxygens (including phenoxy) is 1. The van der Waals surface area contributed by atoms with Crippen molar-refractivity contribution in [3.05, 3.63) is 65.2 Å². The zero-order valence-corrected chi connectivity index (χ0v) is 16.7. The lowest BCUT2D eigenvalue weighted by molar-refractivity contribution is 0.0600. The van der Waals surface area contributed by atoms with Crippen LogP contribution in [0.15, 0.2) is 53.4 Å². The van der Waals surface area contributed by atoms with Gasteiger partial charge in [-0.25, -0.2) is 22.3 Å². The van der Waals surface area contributed by atoms with E-state index in [0.717, 1.165) is 9.87 Å². The number of hydrogen-bond acceptors (Lipinski definition) is 5. The van der Waals surface area contributed by atoms with Gasteiger partial charge in [0, 0.05) is 27.2 Å². The lowest BCUT2D eigenvalue weighted by atomic mass is 10.1. The van der Waals surface area contributed by atoms with Crippen molar-refractivity contribution < 1.29 is 22.7 Å². The highest BCUT2D eigenvalue weighted by Gasteiger charge is 2.20. The minimum Gasteiger partial charge on any atom is -0.465 e. The van der Waals surface area contributed by atoms with E-state index in [1.54, 1.807) is 42.5 Å². The van der Waals surface area contributed by atoms with Crippen molar-refractivity contribution in [2.24, 2.45) is 0 Å². The van der Waals surface area contributed by atoms with Gasteiger partial charge in [-0.1, -0.05) is 30.3 Å². The standard InChI is InChI=1S/C19H23N3O5S/c1-22(2)28(25,26)17-7-5-4-6-16(17)13-21-19(24)20-12-14-8-10-15(11-9-14)18(23)27-3/h4-11H,12-13H2,1-3H3,(H2,20,21,24). The van der Waals surface area contributed by atoms with Crippen LogP contribution in [-0.4, -0.2) is 45.9 Å². The van der Waals surface area contributed by atoms with Crippen molar-refractivity contribution in [2.75, 3.05) is 21.2 Å². The first-order chi connectivity index (χ1) is 13.3. The Balaban J connectivity index is 1.94. The summed E-state index contributed by atoms with van der Waals surface area (Å²) in [7, 11) is 0.621. The van der Waals surface area contributed by atoms with E-state index < -0.39 is 22.0 Å². The van der Waals surface area contributed by atoms with Crippen LogP contribution in [0.2, 0.25) is 0 Å². The molecule has 150 valence electrons. The molecule has 0 radical (unpaired) electrons. The highest BCUT2D eigenvalue weighted by Crippen LogP contribution is 2.18. The molecule has 0 aromatic heterocycles. The number of sulfonamides is 1. The monoisotopic (exact) mass is 405 g/mol. The Morgan fingerprint density at radius 1 is 0.964 bits per heavy atom. The predicted molar refractivity (Wildman–Crippen MR) is 104 cm³/mol. The molecular formula is C19H23N3O5S. The van der Waals surface area contributed by atoms with Crippen LogP contribution in [0.5, 0.6) is 0 Å². The van der Waals surface area contributed by atoms with E-state index in [1.807, 2.05) is 0 Å². The van der Waals surface area contributed by atoms with Crippen molar-refractivity contribution in [1.82, 2.24) is 14.9 Å². The molecule has 0 bridgehead atoms. The molecule has 8 nitrogen and oxygen atoms in total. The normalized spacial score (nSPS) is 11.1. The van der Waals surface area contributed by atoms with Gasteiger partial charge in [0.25, 0.3) is 0 Å². The first-order valence-electron chi connectivity index (χ1n) is 8.45. The van der Waals surface area contributed by atoms with Crippen LogP contribution < -0.4 is 10.6 Å². The van der Waals surface area contributed by atoms with Crippen molar-refractivity contribution in [3.63, 3.8) is 0 Å². The summed E-state index contributed by atoms with van der Waals surface area (Å²) in [6, 6.07) is 12.7. The minimum absolute atomic E-state index is 0.0658. The predicted octanol–water partition coefficient (Wildman–Crippen LogP) is 1.72. The van der Waals surface area contributed by atoms with E-state index in [0.29, 0.717) is 11.1 Å². The van der Waals surface area contributed by atoms with Crippen LogP contribution in [0, 0.1) is 0 Å². The number of methoxy groups -OCH3 is 1. The van der Waals surface area contributed by atoms with Crippen LogP contribution in [0.4, 0.5) is 4.79 Å². The fourth-order valence-electron chi connectivity index (χ4n) is 2.40. The first kappa shape index (κ1) is 21.4. The summed E-state index contributed by atoms with van der Waals surface area (Å²) >= 11 is 0. The number of urea groups is 1. The third kappa shape index (κ3) is 5.30. The SMILES string of the molecule is COC(=O)c1ccc(CNC(=O)NCc2ccccc2S(=O)(=O)N(C)C)cc1. The number of carbonyl (C=O) groups excluding carboxylic acids is 2. The Hall–Kier alpha value is -2.91. The lowest BCUT2D eigenvalue weighted by Gasteiger charge is -2.15. The van der Waals surface area contributed by atoms with E-state index in [4.69, 9.17) is 0 Å². The number of rotatable bonds is 7. The van der Waals surface area contributed by atoms with Gasteiger partial charge in [0.2, 0.25) is 10.0 Å². The van der Waals surface area contributed by atoms with E-state index in [-0.39, 0.29) is 18.0 Å². The Morgan fingerprint density at radius 2 is 1.57 bits per heavy atom. The Bertz CT molecular complexity index is 940. The van der Waals surface area contributed by atoms with Gasteiger partial charge in [-0.05, 0) is 29.3 Å². The summed E-state index contributed by atoms with van der Waals surface area (Å²) in [5, 5.41) is 5.34. The fourth-order valence-corrected chi connectivity index (χ4v) is 3.51. The van der Waals surface area contributed by atoms with Gasteiger partial charge in [-0.3, -0.25) is 0 Å². The molecule has 0 atom stereocenters. The minimum atomic E-state index is -3.60. The molecule has 2 aromatic carbocycles. The van der Waals surface area contributed by atoms with Crippen LogP contribution in [0.1, 0.15) is 21.5 Å². The molecule has 2 rings (SSSR count). The molecule has 2 aromatic rings. The maximum absolute atomic E-state index is 12.4. The Morgan fingerprint density at radius 3 is 2.18 bits per heavy atom. The summed E-state index contributed by atoms with van der Waals surface area (Å²) in [6.45, 7) is 0.321. The maximum Gasteiger partial charge on any atom is 0.337 e. The van der Waals surface area contributed by atoms with Crippen LogP contribution in [-0.2, 0) is 27.8 Å². The topological polar surface area (TPSA) is 105 Å². The highest BCUT2D eigenvalue weighted by atomic mass is 32.2. The lowest BCUT2D eigenvalue weighted by Crippen LogP contribution is -2.35. The summed E-state index contributed by atoms with van der Waals surface area (Å²) < 4.78 is 30.5. The highest BCUT2D eigenvalue weighted by molar-refractivity contribution is 7.89. The summed E-state index contributed by atoms with van der Waals surface area (Å²) in [5.74, 6) is -0.427. The fraction of sp³-hybridized carbons (Fsp3) is 0.263. The quantitative estimate of drug-likeness (QED) is 0.683. The van der Waals surface area contributed by atoms with Crippen molar-refractivity contribution in [1.29, 1.82) is 0 Å². The number of nitrogens with one attached hydrogen (secondary N) is 2. The number of benzene rings is 2. The molecule has 9 heteroatoms. The molecule has 2 N–H and O–H groups in total. The molecule has 0 aliphatic carbocycles. The summed E-state index contributed by atoms with van der Waals surface area (Å²) in [6.07, 6.45) is 0. The second kappa shape index (κ2) is 9.34. The van der Waals surface area contributed by atoms with Gasteiger partial charge >= 0.3 is 12.0 Å². The average Bonchev–Trinajstić information content (AvgIpc) is 2.70. The summed E-state index contributed by atoms with van der Waals surface area (Å²) in [4.78, 5) is 23.6. The Labute approximate surface area is 164 Å². The molecule has 0 spiro atoms. The zero-order valence-electron chi connectivity index (χ0n) is 15.9. The number of carbonyl (C=O) groups is 2.